The maximum absolute atomic E-state index is 13.0. The summed E-state index contributed by atoms with van der Waals surface area (Å²) in [6.07, 6.45) is 1.70. The predicted molar refractivity (Wildman–Crippen MR) is 129 cm³/mol. The molecule has 5 rings (SSSR count). The van der Waals surface area contributed by atoms with Crippen molar-refractivity contribution in [1.29, 1.82) is 0 Å². The molecule has 0 atom stereocenters. The van der Waals surface area contributed by atoms with Crippen LogP contribution in [0.1, 0.15) is 11.1 Å². The van der Waals surface area contributed by atoms with Gasteiger partial charge in [0.15, 0.2) is 0 Å². The highest BCUT2D eigenvalue weighted by atomic mass is 16.5. The second-order valence-corrected chi connectivity index (χ2v) is 8.17. The summed E-state index contributed by atoms with van der Waals surface area (Å²) in [6, 6.07) is 23.8. The fourth-order valence-corrected chi connectivity index (χ4v) is 3.96. The van der Waals surface area contributed by atoms with Crippen molar-refractivity contribution in [3.05, 3.63) is 95.7 Å². The van der Waals surface area contributed by atoms with E-state index in [9.17, 15) is 9.59 Å². The number of nitrogens with zero attached hydrogens (tertiary/aromatic N) is 2. The summed E-state index contributed by atoms with van der Waals surface area (Å²) in [4.78, 5) is 29.0. The lowest BCUT2D eigenvalue weighted by Gasteiger charge is -2.26. The molecule has 7 nitrogen and oxygen atoms in total. The van der Waals surface area contributed by atoms with Gasteiger partial charge in [0.1, 0.15) is 17.2 Å². The third-order valence-electron chi connectivity index (χ3n) is 5.75. The van der Waals surface area contributed by atoms with Gasteiger partial charge in [0.2, 0.25) is 0 Å². The summed E-state index contributed by atoms with van der Waals surface area (Å²) >= 11 is 0. The molecule has 2 aliphatic rings. The van der Waals surface area contributed by atoms with Crippen LogP contribution in [0.5, 0.6) is 11.5 Å². The van der Waals surface area contributed by atoms with Crippen molar-refractivity contribution < 1.29 is 19.1 Å². The molecule has 3 aromatic carbocycles. The lowest BCUT2D eigenvalue weighted by Crippen LogP contribution is -2.35. The zero-order valence-corrected chi connectivity index (χ0v) is 18.6. The van der Waals surface area contributed by atoms with Gasteiger partial charge in [-0.15, -0.1) is 0 Å². The molecule has 34 heavy (non-hydrogen) atoms. The lowest BCUT2D eigenvalue weighted by atomic mass is 10.1. The molecule has 0 aliphatic carbocycles. The van der Waals surface area contributed by atoms with Crippen LogP contribution in [0.25, 0.3) is 6.08 Å². The normalized spacial score (nSPS) is 17.8. The Morgan fingerprint density at radius 3 is 2.24 bits per heavy atom. The van der Waals surface area contributed by atoms with E-state index in [-0.39, 0.29) is 11.6 Å². The van der Waals surface area contributed by atoms with E-state index in [1.54, 1.807) is 30.3 Å². The van der Waals surface area contributed by atoms with E-state index in [1.165, 1.54) is 5.56 Å². The molecule has 7 heteroatoms. The van der Waals surface area contributed by atoms with Crippen LogP contribution in [0.15, 0.2) is 84.6 Å². The summed E-state index contributed by atoms with van der Waals surface area (Å²) in [6.45, 7) is 4.27. The Kier molecular flexibility index (Phi) is 6.38. The van der Waals surface area contributed by atoms with Crippen molar-refractivity contribution >= 4 is 23.7 Å². The number of carbonyl (C=O) groups excluding carboxylic acids is 2. The molecular formula is C27H25N3O4. The van der Waals surface area contributed by atoms with Gasteiger partial charge in [0, 0.05) is 19.6 Å². The van der Waals surface area contributed by atoms with Gasteiger partial charge in [-0.1, -0.05) is 42.5 Å². The monoisotopic (exact) mass is 455 g/mol. The summed E-state index contributed by atoms with van der Waals surface area (Å²) in [5.41, 5.74) is 2.77. The fraction of sp³-hybridized carbons (Fsp3) is 0.185. The third-order valence-corrected chi connectivity index (χ3v) is 5.75. The number of nitrogens with one attached hydrogen (secondary N) is 1. The quantitative estimate of drug-likeness (QED) is 0.441. The Labute approximate surface area is 198 Å². The average Bonchev–Trinajstić information content (AvgIpc) is 3.15. The van der Waals surface area contributed by atoms with Gasteiger partial charge in [-0.3, -0.25) is 9.69 Å². The molecule has 3 aromatic rings. The maximum Gasteiger partial charge on any atom is 0.333 e. The van der Waals surface area contributed by atoms with E-state index in [0.717, 1.165) is 43.3 Å². The Balaban J connectivity index is 1.25. The molecule has 0 aromatic heterocycles. The third kappa shape index (κ3) is 5.01. The van der Waals surface area contributed by atoms with Crippen molar-refractivity contribution in [3.63, 3.8) is 0 Å². The summed E-state index contributed by atoms with van der Waals surface area (Å²) < 4.78 is 11.2. The van der Waals surface area contributed by atoms with E-state index >= 15 is 0 Å². The SMILES string of the molecule is O=C1N/C(=C\c2ccc(CN3CCOCC3)cc2)C(=O)N1c1ccc(Oc2ccccc2)cc1. The van der Waals surface area contributed by atoms with Crippen LogP contribution >= 0.6 is 0 Å². The van der Waals surface area contributed by atoms with Gasteiger partial charge in [0.05, 0.1) is 18.9 Å². The van der Waals surface area contributed by atoms with Crippen LogP contribution in [-0.4, -0.2) is 43.1 Å². The Morgan fingerprint density at radius 2 is 1.53 bits per heavy atom. The second-order valence-electron chi connectivity index (χ2n) is 8.17. The molecule has 1 N–H and O–H groups in total. The minimum Gasteiger partial charge on any atom is -0.457 e. The number of urea groups is 1. The van der Waals surface area contributed by atoms with E-state index < -0.39 is 6.03 Å². The number of imide groups is 1. The number of carbonyl (C=O) groups is 2. The van der Waals surface area contributed by atoms with Crippen LogP contribution in [0.2, 0.25) is 0 Å². The highest BCUT2D eigenvalue weighted by Gasteiger charge is 2.34. The number of anilines is 1. The molecule has 0 unspecified atom stereocenters. The highest BCUT2D eigenvalue weighted by molar-refractivity contribution is 6.28. The van der Waals surface area contributed by atoms with Crippen molar-refractivity contribution in [2.24, 2.45) is 0 Å². The first-order valence-corrected chi connectivity index (χ1v) is 11.2. The van der Waals surface area contributed by atoms with Crippen molar-refractivity contribution in [3.8, 4) is 11.5 Å². The lowest BCUT2D eigenvalue weighted by molar-refractivity contribution is -0.113. The minimum atomic E-state index is -0.475. The molecule has 3 amide bonds. The molecule has 172 valence electrons. The van der Waals surface area contributed by atoms with Crippen molar-refractivity contribution in [1.82, 2.24) is 10.2 Å². The van der Waals surface area contributed by atoms with Crippen LogP contribution in [0, 0.1) is 0 Å². The number of para-hydroxylation sites is 1. The van der Waals surface area contributed by atoms with Crippen LogP contribution in [0.4, 0.5) is 10.5 Å². The molecule has 0 saturated carbocycles. The molecule has 2 fully saturated rings. The van der Waals surface area contributed by atoms with Crippen molar-refractivity contribution in [2.75, 3.05) is 31.2 Å². The Hall–Kier alpha value is -3.94. The molecule has 2 aliphatic heterocycles. The molecule has 2 heterocycles. The summed E-state index contributed by atoms with van der Waals surface area (Å²) in [5, 5.41) is 2.68. The van der Waals surface area contributed by atoms with E-state index in [1.807, 2.05) is 54.6 Å². The van der Waals surface area contributed by atoms with Gasteiger partial charge in [-0.25, -0.2) is 9.69 Å². The van der Waals surface area contributed by atoms with Gasteiger partial charge >= 0.3 is 6.03 Å². The van der Waals surface area contributed by atoms with Crippen molar-refractivity contribution in [2.45, 2.75) is 6.54 Å². The van der Waals surface area contributed by atoms with Gasteiger partial charge in [-0.05, 0) is 53.6 Å². The standard InChI is InChI=1S/C27H25N3O4/c31-26-25(18-20-6-8-21(9-7-20)19-29-14-16-33-17-15-29)28-27(32)30(26)22-10-12-24(13-11-22)34-23-4-2-1-3-5-23/h1-13,18H,14-17,19H2,(H,28,32)/b25-18-. The summed E-state index contributed by atoms with van der Waals surface area (Å²) in [7, 11) is 0. The number of amides is 3. The number of rotatable bonds is 6. The summed E-state index contributed by atoms with van der Waals surface area (Å²) in [5.74, 6) is 0.945. The van der Waals surface area contributed by atoms with Gasteiger partial charge < -0.3 is 14.8 Å². The van der Waals surface area contributed by atoms with E-state index in [4.69, 9.17) is 9.47 Å². The molecular weight excluding hydrogens is 430 g/mol. The second kappa shape index (κ2) is 9.91. The average molecular weight is 456 g/mol. The van der Waals surface area contributed by atoms with Crippen LogP contribution in [0.3, 0.4) is 0 Å². The Morgan fingerprint density at radius 1 is 0.853 bits per heavy atom. The maximum atomic E-state index is 13.0. The van der Waals surface area contributed by atoms with Gasteiger partial charge in [-0.2, -0.15) is 0 Å². The van der Waals surface area contributed by atoms with Crippen LogP contribution in [-0.2, 0) is 16.1 Å². The number of hydrogen-bond donors (Lipinski definition) is 1. The topological polar surface area (TPSA) is 71.1 Å². The zero-order chi connectivity index (χ0) is 23.3. The van der Waals surface area contributed by atoms with E-state index in [2.05, 4.69) is 10.2 Å². The zero-order valence-electron chi connectivity index (χ0n) is 18.6. The first kappa shape index (κ1) is 21.9. The largest absolute Gasteiger partial charge is 0.457 e. The molecule has 0 spiro atoms. The van der Waals surface area contributed by atoms with Gasteiger partial charge in [0.25, 0.3) is 5.91 Å². The molecule has 0 radical (unpaired) electrons. The molecule has 2 saturated heterocycles. The van der Waals surface area contributed by atoms with Crippen LogP contribution < -0.4 is 15.0 Å². The van der Waals surface area contributed by atoms with E-state index in [0.29, 0.717) is 17.2 Å². The number of hydrogen-bond acceptors (Lipinski definition) is 5. The first-order valence-electron chi connectivity index (χ1n) is 11.2. The first-order chi connectivity index (χ1) is 16.7. The number of ether oxygens (including phenoxy) is 2. The smallest absolute Gasteiger partial charge is 0.333 e. The fourth-order valence-electron chi connectivity index (χ4n) is 3.96. The predicted octanol–water partition coefficient (Wildman–Crippen LogP) is 4.41. The highest BCUT2D eigenvalue weighted by Crippen LogP contribution is 2.27. The minimum absolute atomic E-state index is 0.246. The Bertz CT molecular complexity index is 1180. The number of benzene rings is 3. The number of morpholine rings is 1. The molecule has 0 bridgehead atoms.